The van der Waals surface area contributed by atoms with Crippen LogP contribution in [0.3, 0.4) is 0 Å². The Morgan fingerprint density at radius 1 is 1.03 bits per heavy atom. The number of para-hydroxylation sites is 1. The zero-order valence-electron chi connectivity index (χ0n) is 19.6. The van der Waals surface area contributed by atoms with Gasteiger partial charge in [0, 0.05) is 41.2 Å². The quantitative estimate of drug-likeness (QED) is 0.388. The van der Waals surface area contributed by atoms with E-state index in [9.17, 15) is 24.3 Å². The number of allylic oxidation sites excluding steroid dienone is 6. The van der Waals surface area contributed by atoms with Gasteiger partial charge in [0.05, 0.1) is 29.9 Å². The van der Waals surface area contributed by atoms with Crippen molar-refractivity contribution < 1.29 is 19.4 Å². The van der Waals surface area contributed by atoms with Crippen molar-refractivity contribution in [1.29, 1.82) is 0 Å². The number of benzene rings is 2. The maximum Gasteiger partial charge on any atom is 0.352 e. The molecule has 0 radical (unpaired) electrons. The molecule has 0 fully saturated rings. The molecule has 0 bridgehead atoms. The molecule has 0 saturated heterocycles. The van der Waals surface area contributed by atoms with Crippen molar-refractivity contribution in [3.8, 4) is 17.2 Å². The Bertz CT molecular complexity index is 1720. The van der Waals surface area contributed by atoms with Gasteiger partial charge in [-0.2, -0.15) is 0 Å². The molecule has 37 heavy (non-hydrogen) atoms. The topological polar surface area (TPSA) is 113 Å². The summed E-state index contributed by atoms with van der Waals surface area (Å²) in [7, 11) is 1.45. The number of phenolic OH excluding ortho intramolecular Hbond substituents is 1. The van der Waals surface area contributed by atoms with E-state index in [1.165, 1.54) is 34.7 Å². The molecule has 3 aromatic rings. The number of hydrogen-bond donors (Lipinski definition) is 1. The van der Waals surface area contributed by atoms with E-state index in [0.29, 0.717) is 28.1 Å². The van der Waals surface area contributed by atoms with Crippen molar-refractivity contribution in [1.82, 2.24) is 13.9 Å². The second-order valence-electron chi connectivity index (χ2n) is 9.02. The molecule has 2 aromatic carbocycles. The normalized spacial score (nSPS) is 20.6. The molecule has 6 rings (SSSR count). The molecular formula is C27H20BrN3O6. The van der Waals surface area contributed by atoms with Crippen LogP contribution in [0.5, 0.6) is 11.5 Å². The van der Waals surface area contributed by atoms with Crippen molar-refractivity contribution >= 4 is 27.5 Å². The fourth-order valence-corrected chi connectivity index (χ4v) is 6.02. The van der Waals surface area contributed by atoms with Crippen LogP contribution in [0.4, 0.5) is 0 Å². The van der Waals surface area contributed by atoms with E-state index in [1.54, 1.807) is 36.4 Å². The molecule has 3 aliphatic rings. The fourth-order valence-electron chi connectivity index (χ4n) is 5.57. The van der Waals surface area contributed by atoms with Crippen LogP contribution < -0.4 is 16.1 Å². The molecule has 1 aromatic heterocycles. The number of aromatic hydroxyl groups is 1. The number of methoxy groups -OCH3 is 1. The summed E-state index contributed by atoms with van der Waals surface area (Å²) in [5, 5.41) is 10.0. The van der Waals surface area contributed by atoms with E-state index in [0.717, 1.165) is 4.57 Å². The SMILES string of the molecule is COc1cc(O)ccc1C1C2=CCn3c(=O)n(-c4ccccc4)c(=O)n3C2CC2=C1C(=O)C=C(Br)C2=O. The van der Waals surface area contributed by atoms with Gasteiger partial charge in [0.2, 0.25) is 0 Å². The molecule has 2 unspecified atom stereocenters. The number of phenols is 1. The third kappa shape index (κ3) is 3.36. The molecule has 10 heteroatoms. The molecule has 0 amide bonds. The van der Waals surface area contributed by atoms with Gasteiger partial charge in [-0.05, 0) is 39.7 Å². The number of hydrogen-bond acceptors (Lipinski definition) is 6. The van der Waals surface area contributed by atoms with Crippen LogP contribution in [-0.2, 0) is 16.1 Å². The first-order valence-corrected chi connectivity index (χ1v) is 12.4. The number of fused-ring (bicyclic) bond motifs is 3. The van der Waals surface area contributed by atoms with Gasteiger partial charge in [0.25, 0.3) is 0 Å². The Morgan fingerprint density at radius 2 is 1.78 bits per heavy atom. The number of rotatable bonds is 3. The molecule has 2 aliphatic carbocycles. The summed E-state index contributed by atoms with van der Waals surface area (Å²) in [6, 6.07) is 12.5. The maximum absolute atomic E-state index is 13.7. The second-order valence-corrected chi connectivity index (χ2v) is 9.88. The van der Waals surface area contributed by atoms with Crippen LogP contribution >= 0.6 is 15.9 Å². The molecule has 1 aliphatic heterocycles. The molecule has 2 atom stereocenters. The van der Waals surface area contributed by atoms with Crippen LogP contribution in [-0.4, -0.2) is 37.7 Å². The predicted molar refractivity (Wildman–Crippen MR) is 137 cm³/mol. The lowest BCUT2D eigenvalue weighted by Gasteiger charge is -2.39. The molecule has 2 heterocycles. The summed E-state index contributed by atoms with van der Waals surface area (Å²) in [5.41, 5.74) is 1.29. The third-order valence-corrected chi connectivity index (χ3v) is 7.73. The van der Waals surface area contributed by atoms with Gasteiger partial charge < -0.3 is 9.84 Å². The number of ether oxygens (including phenoxy) is 1. The van der Waals surface area contributed by atoms with Crippen LogP contribution in [0.2, 0.25) is 0 Å². The molecule has 0 saturated carbocycles. The minimum absolute atomic E-state index is 0.0153. The van der Waals surface area contributed by atoms with Crippen molar-refractivity contribution in [3.05, 3.63) is 108 Å². The largest absolute Gasteiger partial charge is 0.508 e. The number of halogens is 1. The molecule has 9 nitrogen and oxygen atoms in total. The van der Waals surface area contributed by atoms with Gasteiger partial charge in [0.15, 0.2) is 11.6 Å². The van der Waals surface area contributed by atoms with E-state index in [1.807, 2.05) is 6.08 Å². The molecule has 186 valence electrons. The van der Waals surface area contributed by atoms with Crippen molar-refractivity contribution in [2.24, 2.45) is 0 Å². The molecule has 1 N–H and O–H groups in total. The number of nitrogens with zero attached hydrogens (tertiary/aromatic N) is 3. The first-order valence-electron chi connectivity index (χ1n) is 11.6. The number of ketones is 2. The van der Waals surface area contributed by atoms with Crippen LogP contribution in [0.25, 0.3) is 5.69 Å². The van der Waals surface area contributed by atoms with Gasteiger partial charge in [-0.25, -0.2) is 23.5 Å². The zero-order chi connectivity index (χ0) is 26.0. The molecule has 0 spiro atoms. The van der Waals surface area contributed by atoms with Crippen molar-refractivity contribution in [2.45, 2.75) is 24.9 Å². The number of carbonyl (C=O) groups excluding carboxylic acids is 2. The number of aromatic nitrogens is 3. The Hall–Kier alpha value is -4.18. The summed E-state index contributed by atoms with van der Waals surface area (Å²) >= 11 is 3.21. The number of Topliss-reactive ketones (excluding diaryl/α,β-unsaturated/α-hetero) is 1. The highest BCUT2D eigenvalue weighted by Crippen LogP contribution is 2.52. The Balaban J connectivity index is 1.61. The Morgan fingerprint density at radius 3 is 2.51 bits per heavy atom. The van der Waals surface area contributed by atoms with Crippen LogP contribution in [0.15, 0.2) is 91.5 Å². The minimum Gasteiger partial charge on any atom is -0.508 e. The van der Waals surface area contributed by atoms with Gasteiger partial charge in [-0.3, -0.25) is 9.59 Å². The van der Waals surface area contributed by atoms with Gasteiger partial charge >= 0.3 is 11.4 Å². The van der Waals surface area contributed by atoms with Gasteiger partial charge in [0.1, 0.15) is 11.5 Å². The van der Waals surface area contributed by atoms with E-state index in [2.05, 4.69) is 15.9 Å². The number of carbonyl (C=O) groups is 2. The minimum atomic E-state index is -0.714. The highest BCUT2D eigenvalue weighted by Gasteiger charge is 2.45. The summed E-state index contributed by atoms with van der Waals surface area (Å²) in [4.78, 5) is 53.6. The Kier molecular flexibility index (Phi) is 5.30. The predicted octanol–water partition coefficient (Wildman–Crippen LogP) is 2.91. The van der Waals surface area contributed by atoms with E-state index in [4.69, 9.17) is 4.74 Å². The highest BCUT2D eigenvalue weighted by molar-refractivity contribution is 9.12. The first-order chi connectivity index (χ1) is 17.8. The van der Waals surface area contributed by atoms with Crippen molar-refractivity contribution in [3.63, 3.8) is 0 Å². The first kappa shape index (κ1) is 23.2. The summed E-state index contributed by atoms with van der Waals surface area (Å²) in [6.07, 6.45) is 3.18. The summed E-state index contributed by atoms with van der Waals surface area (Å²) in [5.74, 6) is -1.05. The maximum atomic E-state index is 13.7. The lowest BCUT2D eigenvalue weighted by molar-refractivity contribution is -0.115. The van der Waals surface area contributed by atoms with Gasteiger partial charge in [-0.15, -0.1) is 0 Å². The fraction of sp³-hybridized carbons (Fsp3) is 0.185. The van der Waals surface area contributed by atoms with Crippen LogP contribution in [0, 0.1) is 0 Å². The lowest BCUT2D eigenvalue weighted by Crippen LogP contribution is -2.40. The van der Waals surface area contributed by atoms with Crippen LogP contribution in [0.1, 0.15) is 23.9 Å². The average Bonchev–Trinajstić information content (AvgIpc) is 3.16. The lowest BCUT2D eigenvalue weighted by atomic mass is 9.68. The van der Waals surface area contributed by atoms with Gasteiger partial charge in [-0.1, -0.05) is 30.3 Å². The van der Waals surface area contributed by atoms with E-state index < -0.39 is 23.3 Å². The average molecular weight is 562 g/mol. The van der Waals surface area contributed by atoms with E-state index >= 15 is 0 Å². The molecular weight excluding hydrogens is 542 g/mol. The summed E-state index contributed by atoms with van der Waals surface area (Å²) < 4.78 is 9.54. The Labute approximate surface area is 218 Å². The highest BCUT2D eigenvalue weighted by atomic mass is 79.9. The van der Waals surface area contributed by atoms with E-state index in [-0.39, 0.29) is 40.3 Å². The van der Waals surface area contributed by atoms with Crippen molar-refractivity contribution in [2.75, 3.05) is 7.11 Å². The third-order valence-electron chi connectivity index (χ3n) is 7.14. The monoisotopic (exact) mass is 561 g/mol. The second kappa shape index (κ2) is 8.45. The zero-order valence-corrected chi connectivity index (χ0v) is 21.1. The smallest absolute Gasteiger partial charge is 0.352 e. The summed E-state index contributed by atoms with van der Waals surface area (Å²) in [6.45, 7) is 0.112. The standard InChI is InChI=1S/C27H20BrN3O6/c1-37-22-11-15(32)7-8-17(22)23-16-9-10-29-26(35)30(14-5-3-2-4-6-14)27(36)31(29)20(16)12-18-24(23)21(33)13-19(28)25(18)34/h2-9,11,13,20,23,32H,10,12H2,1H3.